The maximum absolute atomic E-state index is 12.2. The SMILES string of the molecule is CC(=O)C(CCCCNC(=O)c1ccccc1)NC(=O)c1ccccc1. The van der Waals surface area contributed by atoms with Crippen molar-refractivity contribution < 1.29 is 14.4 Å². The van der Waals surface area contributed by atoms with Crippen molar-refractivity contribution in [1.82, 2.24) is 10.6 Å². The Morgan fingerprint density at radius 1 is 0.808 bits per heavy atom. The molecule has 0 aliphatic rings. The highest BCUT2D eigenvalue weighted by Gasteiger charge is 2.17. The number of amides is 2. The Bertz CT molecular complexity index is 729. The molecule has 0 spiro atoms. The van der Waals surface area contributed by atoms with Crippen LogP contribution in [0.5, 0.6) is 0 Å². The minimum Gasteiger partial charge on any atom is -0.352 e. The van der Waals surface area contributed by atoms with E-state index in [2.05, 4.69) is 10.6 Å². The molecule has 2 rings (SSSR count). The first-order chi connectivity index (χ1) is 12.6. The average Bonchev–Trinajstić information content (AvgIpc) is 2.67. The number of Topliss-reactive ketones (excluding diaryl/α,β-unsaturated/α-hetero) is 1. The lowest BCUT2D eigenvalue weighted by molar-refractivity contribution is -0.119. The molecule has 2 N–H and O–H groups in total. The van der Waals surface area contributed by atoms with E-state index in [9.17, 15) is 14.4 Å². The van der Waals surface area contributed by atoms with Crippen LogP contribution in [-0.2, 0) is 4.79 Å². The molecular formula is C21H24N2O3. The summed E-state index contributed by atoms with van der Waals surface area (Å²) in [5, 5.41) is 5.64. The predicted octanol–water partition coefficient (Wildman–Crippen LogP) is 2.97. The maximum Gasteiger partial charge on any atom is 0.251 e. The number of unbranched alkanes of at least 4 members (excludes halogenated alkanes) is 1. The lowest BCUT2D eigenvalue weighted by Crippen LogP contribution is -2.39. The van der Waals surface area contributed by atoms with Crippen molar-refractivity contribution in [2.45, 2.75) is 32.2 Å². The molecule has 5 heteroatoms. The zero-order valence-electron chi connectivity index (χ0n) is 14.9. The van der Waals surface area contributed by atoms with E-state index in [0.717, 1.165) is 12.8 Å². The summed E-state index contributed by atoms with van der Waals surface area (Å²) in [6, 6.07) is 17.4. The maximum atomic E-state index is 12.2. The summed E-state index contributed by atoms with van der Waals surface area (Å²) in [6.45, 7) is 2.01. The molecule has 2 aromatic rings. The molecular weight excluding hydrogens is 328 g/mol. The van der Waals surface area contributed by atoms with Crippen LogP contribution in [0.15, 0.2) is 60.7 Å². The number of rotatable bonds is 9. The Balaban J connectivity index is 1.72. The van der Waals surface area contributed by atoms with Crippen molar-refractivity contribution in [2.24, 2.45) is 0 Å². The smallest absolute Gasteiger partial charge is 0.251 e. The van der Waals surface area contributed by atoms with Crippen LogP contribution in [0.2, 0.25) is 0 Å². The van der Waals surface area contributed by atoms with E-state index in [1.165, 1.54) is 6.92 Å². The van der Waals surface area contributed by atoms with Crippen molar-refractivity contribution >= 4 is 17.6 Å². The molecule has 136 valence electrons. The topological polar surface area (TPSA) is 75.3 Å². The van der Waals surface area contributed by atoms with Gasteiger partial charge in [0.1, 0.15) is 0 Å². The summed E-state index contributed by atoms with van der Waals surface area (Å²) < 4.78 is 0. The van der Waals surface area contributed by atoms with Gasteiger partial charge in [-0.2, -0.15) is 0 Å². The second kappa shape index (κ2) is 10.1. The molecule has 0 aromatic heterocycles. The van der Waals surface area contributed by atoms with Gasteiger partial charge in [-0.25, -0.2) is 0 Å². The molecule has 0 aliphatic carbocycles. The number of nitrogens with one attached hydrogen (secondary N) is 2. The molecule has 1 atom stereocenters. The summed E-state index contributed by atoms with van der Waals surface area (Å²) in [7, 11) is 0. The van der Waals surface area contributed by atoms with E-state index < -0.39 is 6.04 Å². The summed E-state index contributed by atoms with van der Waals surface area (Å²) in [5.74, 6) is -0.420. The number of carbonyl (C=O) groups excluding carboxylic acids is 3. The first-order valence-corrected chi connectivity index (χ1v) is 8.77. The van der Waals surface area contributed by atoms with E-state index in [0.29, 0.717) is 24.1 Å². The molecule has 26 heavy (non-hydrogen) atoms. The standard InChI is InChI=1S/C21H24N2O3/c1-16(24)19(23-21(26)18-12-6-3-7-13-18)14-8-9-15-22-20(25)17-10-4-2-5-11-17/h2-7,10-13,19H,8-9,14-15H2,1H3,(H,22,25)(H,23,26). The van der Waals surface area contributed by atoms with Gasteiger partial charge in [0, 0.05) is 17.7 Å². The Hall–Kier alpha value is -2.95. The lowest BCUT2D eigenvalue weighted by atomic mass is 10.1. The van der Waals surface area contributed by atoms with Gasteiger partial charge in [0.2, 0.25) is 0 Å². The second-order valence-electron chi connectivity index (χ2n) is 6.12. The van der Waals surface area contributed by atoms with Crippen molar-refractivity contribution in [3.63, 3.8) is 0 Å². The van der Waals surface area contributed by atoms with Crippen molar-refractivity contribution in [3.05, 3.63) is 71.8 Å². The fraction of sp³-hybridized carbons (Fsp3) is 0.286. The van der Waals surface area contributed by atoms with Gasteiger partial charge in [-0.05, 0) is 50.5 Å². The van der Waals surface area contributed by atoms with E-state index in [-0.39, 0.29) is 17.6 Å². The van der Waals surface area contributed by atoms with Gasteiger partial charge in [-0.15, -0.1) is 0 Å². The van der Waals surface area contributed by atoms with Gasteiger partial charge in [0.25, 0.3) is 11.8 Å². The van der Waals surface area contributed by atoms with Crippen LogP contribution in [0.25, 0.3) is 0 Å². The van der Waals surface area contributed by atoms with E-state index >= 15 is 0 Å². The molecule has 0 saturated heterocycles. The average molecular weight is 352 g/mol. The number of carbonyl (C=O) groups is 3. The highest BCUT2D eigenvalue weighted by Crippen LogP contribution is 2.05. The summed E-state index contributed by atoms with van der Waals surface area (Å²) >= 11 is 0. The van der Waals surface area contributed by atoms with Gasteiger partial charge in [0.05, 0.1) is 6.04 Å². The molecule has 2 aromatic carbocycles. The van der Waals surface area contributed by atoms with Crippen LogP contribution in [0.1, 0.15) is 46.9 Å². The predicted molar refractivity (Wildman–Crippen MR) is 101 cm³/mol. The molecule has 0 fully saturated rings. The first kappa shape index (κ1) is 19.4. The molecule has 0 bridgehead atoms. The van der Waals surface area contributed by atoms with E-state index in [1.807, 2.05) is 24.3 Å². The van der Waals surface area contributed by atoms with Crippen LogP contribution < -0.4 is 10.6 Å². The Morgan fingerprint density at radius 3 is 1.88 bits per heavy atom. The van der Waals surface area contributed by atoms with Crippen LogP contribution >= 0.6 is 0 Å². The van der Waals surface area contributed by atoms with Crippen LogP contribution in [0.4, 0.5) is 0 Å². The number of hydrogen-bond acceptors (Lipinski definition) is 3. The van der Waals surface area contributed by atoms with Crippen molar-refractivity contribution in [2.75, 3.05) is 6.54 Å². The van der Waals surface area contributed by atoms with Crippen molar-refractivity contribution in [3.8, 4) is 0 Å². The number of ketones is 1. The van der Waals surface area contributed by atoms with E-state index in [4.69, 9.17) is 0 Å². The second-order valence-corrected chi connectivity index (χ2v) is 6.12. The summed E-state index contributed by atoms with van der Waals surface area (Å²) in [4.78, 5) is 35.9. The Morgan fingerprint density at radius 2 is 1.35 bits per heavy atom. The zero-order valence-corrected chi connectivity index (χ0v) is 14.9. The van der Waals surface area contributed by atoms with Gasteiger partial charge in [-0.1, -0.05) is 36.4 Å². The largest absolute Gasteiger partial charge is 0.352 e. The zero-order chi connectivity index (χ0) is 18.8. The van der Waals surface area contributed by atoms with Gasteiger partial charge >= 0.3 is 0 Å². The van der Waals surface area contributed by atoms with E-state index in [1.54, 1.807) is 36.4 Å². The molecule has 5 nitrogen and oxygen atoms in total. The van der Waals surface area contributed by atoms with Crippen LogP contribution in [0.3, 0.4) is 0 Å². The first-order valence-electron chi connectivity index (χ1n) is 8.77. The van der Waals surface area contributed by atoms with Crippen molar-refractivity contribution in [1.29, 1.82) is 0 Å². The highest BCUT2D eigenvalue weighted by atomic mass is 16.2. The van der Waals surface area contributed by atoms with Crippen LogP contribution in [-0.4, -0.2) is 30.2 Å². The molecule has 1 unspecified atom stereocenters. The van der Waals surface area contributed by atoms with Gasteiger partial charge < -0.3 is 10.6 Å². The highest BCUT2D eigenvalue weighted by molar-refractivity contribution is 5.97. The number of benzene rings is 2. The molecule has 0 saturated carbocycles. The fourth-order valence-electron chi connectivity index (χ4n) is 2.58. The normalized spacial score (nSPS) is 11.4. The monoisotopic (exact) mass is 352 g/mol. The van der Waals surface area contributed by atoms with Gasteiger partial charge in [0.15, 0.2) is 5.78 Å². The Kier molecular flexibility index (Phi) is 7.55. The summed E-state index contributed by atoms with van der Waals surface area (Å²) in [5.41, 5.74) is 1.16. The lowest BCUT2D eigenvalue weighted by Gasteiger charge is -2.16. The quantitative estimate of drug-likeness (QED) is 0.681. The fourth-order valence-corrected chi connectivity index (χ4v) is 2.58. The third-order valence-electron chi connectivity index (χ3n) is 4.07. The molecule has 0 radical (unpaired) electrons. The molecule has 0 aliphatic heterocycles. The van der Waals surface area contributed by atoms with Crippen LogP contribution in [0, 0.1) is 0 Å². The minimum absolute atomic E-state index is 0.0670. The minimum atomic E-state index is -0.507. The Labute approximate surface area is 153 Å². The third-order valence-corrected chi connectivity index (χ3v) is 4.07. The number of hydrogen-bond donors (Lipinski definition) is 2. The van der Waals surface area contributed by atoms with Gasteiger partial charge in [-0.3, -0.25) is 14.4 Å². The molecule has 2 amide bonds. The molecule has 0 heterocycles. The third kappa shape index (κ3) is 6.16. The summed E-state index contributed by atoms with van der Waals surface area (Å²) in [6.07, 6.45) is 2.02.